The minimum absolute atomic E-state index is 0.864. The van der Waals surface area contributed by atoms with Gasteiger partial charge in [0, 0.05) is 38.9 Å². The first-order chi connectivity index (χ1) is 10.2. The van der Waals surface area contributed by atoms with E-state index in [2.05, 4.69) is 58.6 Å². The normalized spacial score (nSPS) is 14.9. The predicted octanol–water partition coefficient (Wildman–Crippen LogP) is 2.40. The van der Waals surface area contributed by atoms with Gasteiger partial charge in [-0.3, -0.25) is 4.99 Å². The summed E-state index contributed by atoms with van der Waals surface area (Å²) in [4.78, 5) is 6.66. The van der Waals surface area contributed by atoms with Gasteiger partial charge in [0.15, 0.2) is 5.96 Å². The van der Waals surface area contributed by atoms with Gasteiger partial charge < -0.3 is 15.5 Å². The van der Waals surface area contributed by atoms with E-state index in [-0.39, 0.29) is 0 Å². The number of nitrogens with zero attached hydrogens (tertiary/aromatic N) is 2. The van der Waals surface area contributed by atoms with Crippen LogP contribution >= 0.6 is 0 Å². The molecule has 0 amide bonds. The van der Waals surface area contributed by atoms with Crippen molar-refractivity contribution >= 4 is 11.6 Å². The molecule has 1 aliphatic carbocycles. The van der Waals surface area contributed by atoms with E-state index in [4.69, 9.17) is 0 Å². The molecule has 0 aliphatic heterocycles. The summed E-state index contributed by atoms with van der Waals surface area (Å²) in [6.07, 6.45) is 2.72. The lowest BCUT2D eigenvalue weighted by atomic mass is 10.2. The first kappa shape index (κ1) is 15.7. The van der Waals surface area contributed by atoms with E-state index >= 15 is 0 Å². The predicted molar refractivity (Wildman–Crippen MR) is 91.2 cm³/mol. The SMILES string of the molecule is CCN(CCNC(=NC)NCC1CC1)c1cccc(C)c1. The Kier molecular flexibility index (Phi) is 5.90. The van der Waals surface area contributed by atoms with Crippen molar-refractivity contribution < 1.29 is 0 Å². The van der Waals surface area contributed by atoms with Crippen molar-refractivity contribution in [2.45, 2.75) is 26.7 Å². The topological polar surface area (TPSA) is 39.7 Å². The molecule has 0 spiro atoms. The second-order valence-electron chi connectivity index (χ2n) is 5.74. The van der Waals surface area contributed by atoms with Crippen LogP contribution in [0.5, 0.6) is 0 Å². The largest absolute Gasteiger partial charge is 0.370 e. The van der Waals surface area contributed by atoms with Gasteiger partial charge in [-0.25, -0.2) is 0 Å². The van der Waals surface area contributed by atoms with Crippen LogP contribution in [0.15, 0.2) is 29.3 Å². The van der Waals surface area contributed by atoms with Crippen LogP contribution in [-0.4, -0.2) is 39.2 Å². The van der Waals surface area contributed by atoms with Gasteiger partial charge in [-0.05, 0) is 50.3 Å². The van der Waals surface area contributed by atoms with Crippen LogP contribution in [0.25, 0.3) is 0 Å². The number of aliphatic imine (C=N–C) groups is 1. The molecule has 2 rings (SSSR count). The Morgan fingerprint density at radius 1 is 1.33 bits per heavy atom. The number of hydrogen-bond acceptors (Lipinski definition) is 2. The Hall–Kier alpha value is -1.71. The molecule has 0 unspecified atom stereocenters. The van der Waals surface area contributed by atoms with Gasteiger partial charge in [0.2, 0.25) is 0 Å². The molecular weight excluding hydrogens is 260 g/mol. The minimum Gasteiger partial charge on any atom is -0.370 e. The molecule has 1 aliphatic rings. The summed E-state index contributed by atoms with van der Waals surface area (Å²) in [5.74, 6) is 1.78. The third kappa shape index (κ3) is 5.29. The highest BCUT2D eigenvalue weighted by atomic mass is 15.2. The van der Waals surface area contributed by atoms with Gasteiger partial charge in [0.05, 0.1) is 0 Å². The number of benzene rings is 1. The van der Waals surface area contributed by atoms with E-state index in [1.807, 2.05) is 7.05 Å². The van der Waals surface area contributed by atoms with Crippen molar-refractivity contribution in [1.29, 1.82) is 0 Å². The molecule has 1 fully saturated rings. The standard InChI is InChI=1S/C17H28N4/c1-4-21(16-7-5-6-14(2)12-16)11-10-19-17(18-3)20-13-15-8-9-15/h5-7,12,15H,4,8-11,13H2,1-3H3,(H2,18,19,20). The second-order valence-corrected chi connectivity index (χ2v) is 5.74. The molecular formula is C17H28N4. The Bertz CT molecular complexity index is 466. The van der Waals surface area contributed by atoms with Gasteiger partial charge in [0.25, 0.3) is 0 Å². The number of anilines is 1. The molecule has 4 heteroatoms. The highest BCUT2D eigenvalue weighted by Gasteiger charge is 2.20. The molecule has 0 atom stereocenters. The molecule has 2 N–H and O–H groups in total. The molecule has 116 valence electrons. The number of rotatable bonds is 7. The number of hydrogen-bond donors (Lipinski definition) is 2. The van der Waals surface area contributed by atoms with Gasteiger partial charge in [0.1, 0.15) is 0 Å². The first-order valence-corrected chi connectivity index (χ1v) is 7.99. The Morgan fingerprint density at radius 2 is 2.14 bits per heavy atom. The molecule has 0 radical (unpaired) electrons. The van der Waals surface area contributed by atoms with E-state index in [1.165, 1.54) is 24.1 Å². The molecule has 1 saturated carbocycles. The summed E-state index contributed by atoms with van der Waals surface area (Å²) >= 11 is 0. The van der Waals surface area contributed by atoms with Crippen molar-refractivity contribution in [2.24, 2.45) is 10.9 Å². The maximum Gasteiger partial charge on any atom is 0.191 e. The molecule has 0 heterocycles. The molecule has 0 aromatic heterocycles. The van der Waals surface area contributed by atoms with Gasteiger partial charge in [-0.1, -0.05) is 12.1 Å². The van der Waals surface area contributed by atoms with Crippen LogP contribution in [0.4, 0.5) is 5.69 Å². The maximum atomic E-state index is 4.27. The monoisotopic (exact) mass is 288 g/mol. The molecule has 4 nitrogen and oxygen atoms in total. The van der Waals surface area contributed by atoms with E-state index in [1.54, 1.807) is 0 Å². The highest BCUT2D eigenvalue weighted by Crippen LogP contribution is 2.27. The van der Waals surface area contributed by atoms with E-state index < -0.39 is 0 Å². The fraction of sp³-hybridized carbons (Fsp3) is 0.588. The molecule has 0 bridgehead atoms. The Labute approximate surface area is 128 Å². The van der Waals surface area contributed by atoms with Crippen LogP contribution in [0.3, 0.4) is 0 Å². The average Bonchev–Trinajstić information content (AvgIpc) is 3.31. The zero-order valence-electron chi connectivity index (χ0n) is 13.5. The third-order valence-corrected chi connectivity index (χ3v) is 3.90. The Morgan fingerprint density at radius 3 is 2.76 bits per heavy atom. The number of likely N-dealkylation sites (N-methyl/N-ethyl adjacent to an activating group) is 1. The summed E-state index contributed by atoms with van der Waals surface area (Å²) in [5.41, 5.74) is 2.60. The highest BCUT2D eigenvalue weighted by molar-refractivity contribution is 5.79. The van der Waals surface area contributed by atoms with Crippen molar-refractivity contribution in [3.8, 4) is 0 Å². The van der Waals surface area contributed by atoms with Crippen LogP contribution in [0.1, 0.15) is 25.3 Å². The number of nitrogens with one attached hydrogen (secondary N) is 2. The first-order valence-electron chi connectivity index (χ1n) is 7.99. The van der Waals surface area contributed by atoms with Gasteiger partial charge in [-0.2, -0.15) is 0 Å². The van der Waals surface area contributed by atoms with Gasteiger partial charge >= 0.3 is 0 Å². The smallest absolute Gasteiger partial charge is 0.191 e. The summed E-state index contributed by atoms with van der Waals surface area (Å²) in [6, 6.07) is 8.68. The van der Waals surface area contributed by atoms with Crippen LogP contribution in [0, 0.1) is 12.8 Å². The second kappa shape index (κ2) is 7.91. The number of guanidine groups is 1. The van der Waals surface area contributed by atoms with Crippen LogP contribution in [0.2, 0.25) is 0 Å². The van der Waals surface area contributed by atoms with Crippen molar-refractivity contribution in [3.63, 3.8) is 0 Å². The fourth-order valence-corrected chi connectivity index (χ4v) is 2.39. The van der Waals surface area contributed by atoms with E-state index in [9.17, 15) is 0 Å². The van der Waals surface area contributed by atoms with E-state index in [0.717, 1.165) is 38.1 Å². The van der Waals surface area contributed by atoms with Crippen LogP contribution in [-0.2, 0) is 0 Å². The van der Waals surface area contributed by atoms with Crippen LogP contribution < -0.4 is 15.5 Å². The lowest BCUT2D eigenvalue weighted by Gasteiger charge is -2.24. The van der Waals surface area contributed by atoms with Crippen molar-refractivity contribution in [2.75, 3.05) is 38.1 Å². The summed E-state index contributed by atoms with van der Waals surface area (Å²) in [6.45, 7) is 8.27. The lowest BCUT2D eigenvalue weighted by Crippen LogP contribution is -2.42. The van der Waals surface area contributed by atoms with Crippen molar-refractivity contribution in [1.82, 2.24) is 10.6 Å². The number of aryl methyl sites for hydroxylation is 1. The zero-order chi connectivity index (χ0) is 15.1. The Balaban J connectivity index is 1.76. The van der Waals surface area contributed by atoms with Crippen molar-refractivity contribution in [3.05, 3.63) is 29.8 Å². The lowest BCUT2D eigenvalue weighted by molar-refractivity contribution is 0.721. The van der Waals surface area contributed by atoms with Gasteiger partial charge in [-0.15, -0.1) is 0 Å². The third-order valence-electron chi connectivity index (χ3n) is 3.90. The molecule has 1 aromatic rings. The summed E-state index contributed by atoms with van der Waals surface area (Å²) < 4.78 is 0. The minimum atomic E-state index is 0.864. The molecule has 21 heavy (non-hydrogen) atoms. The van der Waals surface area contributed by atoms with E-state index in [0.29, 0.717) is 0 Å². The zero-order valence-corrected chi connectivity index (χ0v) is 13.5. The summed E-state index contributed by atoms with van der Waals surface area (Å²) in [7, 11) is 1.83. The quantitative estimate of drug-likeness (QED) is 0.598. The molecule has 1 aromatic carbocycles. The average molecular weight is 288 g/mol. The maximum absolute atomic E-state index is 4.27. The fourth-order valence-electron chi connectivity index (χ4n) is 2.39. The summed E-state index contributed by atoms with van der Waals surface area (Å²) in [5, 5.41) is 6.79. The molecule has 0 saturated heterocycles.